The summed E-state index contributed by atoms with van der Waals surface area (Å²) in [5.74, 6) is 3.25. The van der Waals surface area contributed by atoms with Gasteiger partial charge in [-0.05, 0) is 43.9 Å². The van der Waals surface area contributed by atoms with E-state index in [2.05, 4.69) is 27.4 Å². The molecule has 0 radical (unpaired) electrons. The molecule has 2 rings (SSSR count). The van der Waals surface area contributed by atoms with Gasteiger partial charge in [0, 0.05) is 31.0 Å². The van der Waals surface area contributed by atoms with Gasteiger partial charge in [0.1, 0.15) is 0 Å². The van der Waals surface area contributed by atoms with Crippen LogP contribution in [-0.2, 0) is 0 Å². The second-order valence-electron chi connectivity index (χ2n) is 4.49. The number of hydrazine groups is 1. The first-order valence-corrected chi connectivity index (χ1v) is 6.17. The van der Waals surface area contributed by atoms with Crippen LogP contribution in [0.1, 0.15) is 36.3 Å². The summed E-state index contributed by atoms with van der Waals surface area (Å²) in [6.07, 6.45) is 12.7. The molecule has 1 N–H and O–H groups in total. The third kappa shape index (κ3) is 3.06. The Morgan fingerprint density at radius 2 is 2.29 bits per heavy atom. The highest BCUT2D eigenvalue weighted by Gasteiger charge is 2.18. The zero-order valence-electron chi connectivity index (χ0n) is 10.3. The molecule has 90 valence electrons. The van der Waals surface area contributed by atoms with E-state index in [0.717, 1.165) is 25.1 Å². The maximum atomic E-state index is 5.41. The minimum Gasteiger partial charge on any atom is -0.263 e. The Hall–Kier alpha value is -1.37. The third-order valence-corrected chi connectivity index (χ3v) is 3.44. The van der Waals surface area contributed by atoms with Crippen LogP contribution in [0.3, 0.4) is 0 Å². The maximum Gasteiger partial charge on any atom is 0.0428 e. The number of hydrogen-bond donors (Lipinski definition) is 1. The molecule has 1 fully saturated rings. The molecule has 0 spiro atoms. The molecule has 1 atom stereocenters. The van der Waals surface area contributed by atoms with Crippen molar-refractivity contribution in [2.45, 2.75) is 25.2 Å². The van der Waals surface area contributed by atoms with Gasteiger partial charge >= 0.3 is 0 Å². The monoisotopic (exact) mass is 229 g/mol. The van der Waals surface area contributed by atoms with E-state index >= 15 is 0 Å². The molecule has 0 saturated carbocycles. The van der Waals surface area contributed by atoms with Crippen molar-refractivity contribution in [2.24, 2.45) is 0 Å². The Labute approximate surface area is 103 Å². The first-order chi connectivity index (χ1) is 8.33. The van der Waals surface area contributed by atoms with E-state index < -0.39 is 0 Å². The zero-order chi connectivity index (χ0) is 12.1. The minimum absolute atomic E-state index is 0.592. The van der Waals surface area contributed by atoms with Gasteiger partial charge in [0.2, 0.25) is 0 Å². The summed E-state index contributed by atoms with van der Waals surface area (Å²) >= 11 is 0. The Balaban J connectivity index is 2.09. The highest BCUT2D eigenvalue weighted by molar-refractivity contribution is 5.33. The highest BCUT2D eigenvalue weighted by Crippen LogP contribution is 2.27. The molecule has 1 aliphatic rings. The molecule has 2 heterocycles. The molecular weight excluding hydrogens is 210 g/mol. The number of terminal acetylenes is 1. The number of pyridine rings is 1. The first-order valence-electron chi connectivity index (χ1n) is 6.17. The fraction of sp³-hybridized carbons (Fsp3) is 0.500. The van der Waals surface area contributed by atoms with Crippen LogP contribution in [0.5, 0.6) is 0 Å². The van der Waals surface area contributed by atoms with Crippen molar-refractivity contribution < 1.29 is 0 Å². The predicted molar refractivity (Wildman–Crippen MR) is 69.4 cm³/mol. The van der Waals surface area contributed by atoms with Crippen LogP contribution in [0.25, 0.3) is 0 Å². The highest BCUT2D eigenvalue weighted by atomic mass is 15.5. The number of nitrogens with zero attached hydrogens (tertiary/aromatic N) is 2. The van der Waals surface area contributed by atoms with E-state index in [0.29, 0.717) is 5.92 Å². The molecule has 0 bridgehead atoms. The summed E-state index contributed by atoms with van der Waals surface area (Å²) in [5.41, 5.74) is 5.40. The van der Waals surface area contributed by atoms with Gasteiger partial charge in [-0.25, -0.2) is 5.01 Å². The summed E-state index contributed by atoms with van der Waals surface area (Å²) in [6, 6.07) is 2.10. The Kier molecular flexibility index (Phi) is 4.13. The van der Waals surface area contributed by atoms with Crippen molar-refractivity contribution in [3.63, 3.8) is 0 Å². The quantitative estimate of drug-likeness (QED) is 0.783. The molecule has 0 aromatic carbocycles. The van der Waals surface area contributed by atoms with Crippen LogP contribution < -0.4 is 5.43 Å². The van der Waals surface area contributed by atoms with E-state index in [1.165, 1.54) is 18.4 Å². The second kappa shape index (κ2) is 5.81. The van der Waals surface area contributed by atoms with Crippen molar-refractivity contribution in [1.29, 1.82) is 0 Å². The van der Waals surface area contributed by atoms with E-state index in [1.54, 1.807) is 6.20 Å². The molecule has 1 aliphatic heterocycles. The van der Waals surface area contributed by atoms with Crippen LogP contribution >= 0.6 is 0 Å². The molecular formula is C14H19N3. The molecule has 0 amide bonds. The average Bonchev–Trinajstić information content (AvgIpc) is 2.64. The van der Waals surface area contributed by atoms with E-state index in [9.17, 15) is 0 Å². The van der Waals surface area contributed by atoms with Gasteiger partial charge in [-0.1, -0.05) is 5.92 Å². The average molecular weight is 229 g/mol. The fourth-order valence-corrected chi connectivity index (χ4v) is 2.41. The van der Waals surface area contributed by atoms with Crippen molar-refractivity contribution in [3.8, 4) is 12.3 Å². The van der Waals surface area contributed by atoms with E-state index in [-0.39, 0.29) is 0 Å². The summed E-state index contributed by atoms with van der Waals surface area (Å²) in [7, 11) is 1.99. The number of nitrogens with one attached hydrogen (secondary N) is 1. The summed E-state index contributed by atoms with van der Waals surface area (Å²) in [4.78, 5) is 4.23. The molecule has 3 nitrogen and oxygen atoms in total. The molecule has 0 aliphatic carbocycles. The lowest BCUT2D eigenvalue weighted by Crippen LogP contribution is -2.35. The number of aromatic nitrogens is 1. The van der Waals surface area contributed by atoms with Crippen molar-refractivity contribution in [1.82, 2.24) is 15.4 Å². The normalized spacial score (nSPS) is 21.8. The van der Waals surface area contributed by atoms with Crippen LogP contribution in [0, 0.1) is 12.3 Å². The molecule has 0 unspecified atom stereocenters. The summed E-state index contributed by atoms with van der Waals surface area (Å²) < 4.78 is 0. The maximum absolute atomic E-state index is 5.41. The van der Waals surface area contributed by atoms with Crippen LogP contribution in [-0.4, -0.2) is 30.1 Å². The molecule has 1 aromatic rings. The molecule has 1 saturated heterocycles. The largest absolute Gasteiger partial charge is 0.263 e. The van der Waals surface area contributed by atoms with Crippen molar-refractivity contribution >= 4 is 0 Å². The lowest BCUT2D eigenvalue weighted by molar-refractivity contribution is 0.216. The van der Waals surface area contributed by atoms with Crippen LogP contribution in [0.15, 0.2) is 18.5 Å². The number of hydrogen-bond acceptors (Lipinski definition) is 3. The van der Waals surface area contributed by atoms with Gasteiger partial charge < -0.3 is 0 Å². The summed E-state index contributed by atoms with van der Waals surface area (Å²) in [6.45, 7) is 2.21. The second-order valence-corrected chi connectivity index (χ2v) is 4.49. The Bertz CT molecular complexity index is 408. The molecule has 3 heteroatoms. The van der Waals surface area contributed by atoms with Gasteiger partial charge in [0.25, 0.3) is 0 Å². The lowest BCUT2D eigenvalue weighted by atomic mass is 9.93. The zero-order valence-corrected chi connectivity index (χ0v) is 10.3. The van der Waals surface area contributed by atoms with Crippen molar-refractivity contribution in [2.75, 3.05) is 20.1 Å². The Morgan fingerprint density at radius 3 is 3.06 bits per heavy atom. The van der Waals surface area contributed by atoms with Gasteiger partial charge in [-0.15, -0.1) is 6.42 Å². The van der Waals surface area contributed by atoms with Crippen molar-refractivity contribution in [3.05, 3.63) is 29.6 Å². The SMILES string of the molecule is C#Cc1cncc([C@@H]2CCCN(NC)CC2)c1. The van der Waals surface area contributed by atoms with Crippen LogP contribution in [0.4, 0.5) is 0 Å². The smallest absolute Gasteiger partial charge is 0.0428 e. The predicted octanol–water partition coefficient (Wildman–Crippen LogP) is 1.77. The van der Waals surface area contributed by atoms with Gasteiger partial charge in [-0.3, -0.25) is 10.4 Å². The topological polar surface area (TPSA) is 28.2 Å². The lowest BCUT2D eigenvalue weighted by Gasteiger charge is -2.18. The minimum atomic E-state index is 0.592. The summed E-state index contributed by atoms with van der Waals surface area (Å²) in [5, 5.41) is 2.28. The Morgan fingerprint density at radius 1 is 1.41 bits per heavy atom. The standard InChI is InChI=1S/C14H19N3/c1-3-12-9-14(11-16-10-12)13-5-4-7-17(15-2)8-6-13/h1,9-11,13,15H,4-8H2,2H3/t13-/m1/s1. The first kappa shape index (κ1) is 12.1. The third-order valence-electron chi connectivity index (χ3n) is 3.44. The van der Waals surface area contributed by atoms with E-state index in [1.807, 2.05) is 13.2 Å². The van der Waals surface area contributed by atoms with Gasteiger partial charge in [0.15, 0.2) is 0 Å². The van der Waals surface area contributed by atoms with E-state index in [4.69, 9.17) is 6.42 Å². The fourth-order valence-electron chi connectivity index (χ4n) is 2.41. The van der Waals surface area contributed by atoms with Gasteiger partial charge in [-0.2, -0.15) is 0 Å². The van der Waals surface area contributed by atoms with Crippen LogP contribution in [0.2, 0.25) is 0 Å². The number of rotatable bonds is 2. The molecule has 1 aromatic heterocycles. The van der Waals surface area contributed by atoms with Gasteiger partial charge in [0.05, 0.1) is 0 Å². The molecule has 17 heavy (non-hydrogen) atoms.